The Hall–Kier alpha value is -2.04. The Bertz CT molecular complexity index is 515. The van der Waals surface area contributed by atoms with Gasteiger partial charge in [-0.15, -0.1) is 0 Å². The molecular weight excluding hydrogens is 292 g/mol. The van der Waals surface area contributed by atoms with Crippen molar-refractivity contribution in [2.24, 2.45) is 0 Å². The predicted octanol–water partition coefficient (Wildman–Crippen LogP) is 3.57. The topological polar surface area (TPSA) is 36.9 Å². The maximum absolute atomic E-state index is 5.64. The lowest BCUT2D eigenvalue weighted by Crippen LogP contribution is -2.21. The highest BCUT2D eigenvalue weighted by atomic mass is 16.6. The average molecular weight is 316 g/mol. The van der Waals surface area contributed by atoms with Crippen molar-refractivity contribution in [2.45, 2.75) is 13.0 Å². The third-order valence-corrected chi connectivity index (χ3v) is 3.09. The zero-order valence-electron chi connectivity index (χ0n) is 13.5. The molecule has 0 saturated heterocycles. The van der Waals surface area contributed by atoms with Crippen LogP contribution in [0.3, 0.4) is 0 Å². The van der Waals surface area contributed by atoms with Crippen molar-refractivity contribution in [2.75, 3.05) is 33.0 Å². The Labute approximate surface area is 137 Å². The van der Waals surface area contributed by atoms with E-state index in [1.165, 1.54) is 0 Å². The fourth-order valence-electron chi connectivity index (χ4n) is 1.96. The summed E-state index contributed by atoms with van der Waals surface area (Å²) in [7, 11) is 0. The van der Waals surface area contributed by atoms with Gasteiger partial charge in [0, 0.05) is 0 Å². The molecule has 1 atom stereocenters. The van der Waals surface area contributed by atoms with Gasteiger partial charge in [-0.25, -0.2) is 0 Å². The van der Waals surface area contributed by atoms with E-state index in [1.807, 2.05) is 67.6 Å². The van der Waals surface area contributed by atoms with Crippen LogP contribution in [-0.2, 0) is 9.47 Å². The molecule has 0 heterocycles. The lowest BCUT2D eigenvalue weighted by atomic mass is 10.3. The minimum atomic E-state index is 0.0334. The predicted molar refractivity (Wildman–Crippen MR) is 90.1 cm³/mol. The first-order valence-electron chi connectivity index (χ1n) is 7.89. The molecule has 2 aromatic carbocycles. The summed E-state index contributed by atoms with van der Waals surface area (Å²) < 4.78 is 22.3. The molecule has 2 aromatic rings. The van der Waals surface area contributed by atoms with Gasteiger partial charge in [0.25, 0.3) is 0 Å². The fraction of sp³-hybridized carbons (Fsp3) is 0.368. The van der Waals surface area contributed by atoms with Crippen LogP contribution in [0, 0.1) is 0 Å². The van der Waals surface area contributed by atoms with Gasteiger partial charge >= 0.3 is 0 Å². The fourth-order valence-corrected chi connectivity index (χ4v) is 1.96. The van der Waals surface area contributed by atoms with Gasteiger partial charge in [-0.2, -0.15) is 0 Å². The number of hydrogen-bond donors (Lipinski definition) is 0. The second kappa shape index (κ2) is 10.6. The molecule has 1 unspecified atom stereocenters. The summed E-state index contributed by atoms with van der Waals surface area (Å²) in [6.07, 6.45) is 0.0334. The maximum Gasteiger partial charge on any atom is 0.119 e. The van der Waals surface area contributed by atoms with Crippen LogP contribution in [0.2, 0.25) is 0 Å². The number of ether oxygens (including phenoxy) is 4. The van der Waals surface area contributed by atoms with Crippen LogP contribution in [0.15, 0.2) is 60.7 Å². The van der Waals surface area contributed by atoms with Crippen molar-refractivity contribution in [1.82, 2.24) is 0 Å². The second-order valence-electron chi connectivity index (χ2n) is 5.08. The summed E-state index contributed by atoms with van der Waals surface area (Å²) in [4.78, 5) is 0. The molecule has 0 aromatic heterocycles. The van der Waals surface area contributed by atoms with E-state index in [4.69, 9.17) is 18.9 Å². The van der Waals surface area contributed by atoms with Crippen LogP contribution in [0.4, 0.5) is 0 Å². The van der Waals surface area contributed by atoms with Crippen LogP contribution in [0.5, 0.6) is 11.5 Å². The van der Waals surface area contributed by atoms with E-state index in [9.17, 15) is 0 Å². The highest BCUT2D eigenvalue weighted by molar-refractivity contribution is 5.21. The molecule has 0 aliphatic carbocycles. The zero-order chi connectivity index (χ0) is 16.2. The first-order valence-corrected chi connectivity index (χ1v) is 7.89. The number of hydrogen-bond acceptors (Lipinski definition) is 4. The van der Waals surface area contributed by atoms with Gasteiger partial charge in [0.15, 0.2) is 0 Å². The summed E-state index contributed by atoms with van der Waals surface area (Å²) >= 11 is 0. The number of benzene rings is 2. The monoisotopic (exact) mass is 316 g/mol. The Morgan fingerprint density at radius 3 is 1.78 bits per heavy atom. The van der Waals surface area contributed by atoms with Crippen LogP contribution in [-0.4, -0.2) is 39.1 Å². The first-order chi connectivity index (χ1) is 11.3. The molecule has 0 fully saturated rings. The normalized spacial score (nSPS) is 11.9. The van der Waals surface area contributed by atoms with Gasteiger partial charge in [0.05, 0.1) is 25.9 Å². The Kier molecular flexibility index (Phi) is 8.02. The summed E-state index contributed by atoms with van der Waals surface area (Å²) in [5.74, 6) is 1.72. The van der Waals surface area contributed by atoms with Gasteiger partial charge in [-0.05, 0) is 31.2 Å². The van der Waals surface area contributed by atoms with Crippen molar-refractivity contribution in [3.63, 3.8) is 0 Å². The Morgan fingerprint density at radius 1 is 0.696 bits per heavy atom. The van der Waals surface area contributed by atoms with E-state index in [1.54, 1.807) is 0 Å². The third kappa shape index (κ3) is 7.68. The maximum atomic E-state index is 5.64. The van der Waals surface area contributed by atoms with Gasteiger partial charge in [-0.3, -0.25) is 0 Å². The van der Waals surface area contributed by atoms with Crippen molar-refractivity contribution in [3.8, 4) is 11.5 Å². The third-order valence-electron chi connectivity index (χ3n) is 3.09. The van der Waals surface area contributed by atoms with Crippen molar-refractivity contribution >= 4 is 0 Å². The van der Waals surface area contributed by atoms with Crippen LogP contribution >= 0.6 is 0 Å². The molecule has 0 aliphatic heterocycles. The molecule has 4 nitrogen and oxygen atoms in total. The molecule has 0 N–H and O–H groups in total. The smallest absolute Gasteiger partial charge is 0.119 e. The van der Waals surface area contributed by atoms with E-state index in [0.29, 0.717) is 33.0 Å². The Balaban J connectivity index is 1.45. The standard InChI is InChI=1S/C19H24O4/c1-17(21-14-15-23-19-10-6-3-7-11-19)16-20-12-13-22-18-8-4-2-5-9-18/h2-11,17H,12-16H2,1H3. The molecule has 0 amide bonds. The molecule has 4 heteroatoms. The summed E-state index contributed by atoms with van der Waals surface area (Å²) in [5, 5.41) is 0. The number of para-hydroxylation sites is 2. The van der Waals surface area contributed by atoms with E-state index < -0.39 is 0 Å². The van der Waals surface area contributed by atoms with E-state index in [-0.39, 0.29) is 6.10 Å². The van der Waals surface area contributed by atoms with Gasteiger partial charge in [0.1, 0.15) is 24.7 Å². The van der Waals surface area contributed by atoms with Crippen molar-refractivity contribution < 1.29 is 18.9 Å². The Morgan fingerprint density at radius 2 is 1.22 bits per heavy atom. The molecule has 0 aliphatic rings. The lowest BCUT2D eigenvalue weighted by Gasteiger charge is -2.14. The SMILES string of the molecule is CC(COCCOc1ccccc1)OCCOc1ccccc1. The highest BCUT2D eigenvalue weighted by Gasteiger charge is 2.02. The zero-order valence-corrected chi connectivity index (χ0v) is 13.5. The summed E-state index contributed by atoms with van der Waals surface area (Å²) in [5.41, 5.74) is 0. The number of rotatable bonds is 11. The van der Waals surface area contributed by atoms with Crippen LogP contribution < -0.4 is 9.47 Å². The van der Waals surface area contributed by atoms with Crippen LogP contribution in [0.25, 0.3) is 0 Å². The molecule has 2 rings (SSSR count). The quantitative estimate of drug-likeness (QED) is 0.594. The van der Waals surface area contributed by atoms with Crippen LogP contribution in [0.1, 0.15) is 6.92 Å². The van der Waals surface area contributed by atoms with Gasteiger partial charge in [-0.1, -0.05) is 36.4 Å². The molecule has 0 saturated carbocycles. The molecule has 0 bridgehead atoms. The van der Waals surface area contributed by atoms with Gasteiger partial charge < -0.3 is 18.9 Å². The molecular formula is C19H24O4. The minimum Gasteiger partial charge on any atom is -0.491 e. The van der Waals surface area contributed by atoms with Crippen molar-refractivity contribution in [1.29, 1.82) is 0 Å². The van der Waals surface area contributed by atoms with E-state index in [2.05, 4.69) is 0 Å². The molecule has 0 radical (unpaired) electrons. The first kappa shape index (κ1) is 17.3. The molecule has 124 valence electrons. The second-order valence-corrected chi connectivity index (χ2v) is 5.08. The summed E-state index contributed by atoms with van der Waals surface area (Å²) in [6, 6.07) is 19.4. The van der Waals surface area contributed by atoms with E-state index in [0.717, 1.165) is 11.5 Å². The largest absolute Gasteiger partial charge is 0.491 e. The lowest BCUT2D eigenvalue weighted by molar-refractivity contribution is -0.0208. The minimum absolute atomic E-state index is 0.0334. The molecule has 23 heavy (non-hydrogen) atoms. The summed E-state index contributed by atoms with van der Waals surface area (Å²) in [6.45, 7) is 4.69. The van der Waals surface area contributed by atoms with E-state index >= 15 is 0 Å². The molecule has 0 spiro atoms. The van der Waals surface area contributed by atoms with Crippen molar-refractivity contribution in [3.05, 3.63) is 60.7 Å². The van der Waals surface area contributed by atoms with Gasteiger partial charge in [0.2, 0.25) is 0 Å². The highest BCUT2D eigenvalue weighted by Crippen LogP contribution is 2.08. The average Bonchev–Trinajstić information content (AvgIpc) is 2.60.